The summed E-state index contributed by atoms with van der Waals surface area (Å²) < 4.78 is 12.8. The molecule has 3 heterocycles. The number of nitrogen functional groups attached to an aromatic ring is 2. The molecule has 11 rings (SSSR count). The summed E-state index contributed by atoms with van der Waals surface area (Å²) in [5.74, 6) is 0.188. The quantitative estimate of drug-likeness (QED) is 0.0616. The maximum atomic E-state index is 13.6. The summed E-state index contributed by atoms with van der Waals surface area (Å²) in [5.41, 5.74) is 17.3. The van der Waals surface area contributed by atoms with E-state index in [9.17, 15) is 14.4 Å². The van der Waals surface area contributed by atoms with Gasteiger partial charge in [0.15, 0.2) is 22.7 Å². The van der Waals surface area contributed by atoms with Crippen LogP contribution >= 0.6 is 141 Å². The Balaban J connectivity index is 0.000000165. The molecule has 0 aliphatic rings. The first-order valence-electron chi connectivity index (χ1n) is 24.7. The first kappa shape index (κ1) is 66.0. The third-order valence-electron chi connectivity index (χ3n) is 11.4. The van der Waals surface area contributed by atoms with Crippen molar-refractivity contribution in [2.45, 2.75) is 6.92 Å². The molecule has 0 saturated carbocycles. The fourth-order valence-electron chi connectivity index (χ4n) is 7.38. The molecule has 432 valence electrons. The van der Waals surface area contributed by atoms with Crippen LogP contribution in [0, 0.1) is 0 Å². The van der Waals surface area contributed by atoms with Gasteiger partial charge in [-0.05, 0) is 170 Å². The van der Waals surface area contributed by atoms with Gasteiger partial charge in [0.05, 0.1) is 38.6 Å². The Labute approximate surface area is 553 Å². The molecule has 0 spiro atoms. The number of rotatable bonds is 9. The second-order valence-corrected chi connectivity index (χ2v) is 23.1. The molecule has 3 aromatic heterocycles. The Bertz CT molecular complexity index is 4180. The highest BCUT2D eigenvalue weighted by atomic mass is 79.9. The van der Waals surface area contributed by atoms with E-state index in [0.29, 0.717) is 65.2 Å². The minimum Gasteiger partial charge on any atom is -0.461 e. The van der Waals surface area contributed by atoms with Crippen molar-refractivity contribution in [2.24, 2.45) is 4.99 Å². The monoisotopic (exact) mass is 1480 g/mol. The smallest absolute Gasteiger partial charge is 0.360 e. The van der Waals surface area contributed by atoms with Gasteiger partial charge in [0.2, 0.25) is 0 Å². The van der Waals surface area contributed by atoms with Gasteiger partial charge in [-0.25, -0.2) is 24.7 Å². The summed E-state index contributed by atoms with van der Waals surface area (Å²) in [6, 6.07) is 56.2. The van der Waals surface area contributed by atoms with E-state index in [1.165, 1.54) is 23.0 Å². The Morgan fingerprint density at radius 3 is 1.55 bits per heavy atom. The third kappa shape index (κ3) is 18.3. The van der Waals surface area contributed by atoms with Gasteiger partial charge in [-0.15, -0.1) is 0 Å². The average molecular weight is 1490 g/mol. The average Bonchev–Trinajstić information content (AvgIpc) is 4.20. The zero-order valence-corrected chi connectivity index (χ0v) is 54.6. The van der Waals surface area contributed by atoms with E-state index in [2.05, 4.69) is 62.8 Å². The van der Waals surface area contributed by atoms with Crippen LogP contribution in [0.2, 0.25) is 30.1 Å². The van der Waals surface area contributed by atoms with Gasteiger partial charge in [-0.1, -0.05) is 165 Å². The van der Waals surface area contributed by atoms with Gasteiger partial charge in [0, 0.05) is 56.7 Å². The zero-order chi connectivity index (χ0) is 61.3. The summed E-state index contributed by atoms with van der Waals surface area (Å²) in [7, 11) is 0. The van der Waals surface area contributed by atoms with E-state index < -0.39 is 11.2 Å². The van der Waals surface area contributed by atoms with E-state index in [-0.39, 0.29) is 33.2 Å². The fraction of sp³-hybridized carbons (Fsp3) is 0.0328. The molecule has 24 heteroatoms. The minimum absolute atomic E-state index is 0.149. The summed E-state index contributed by atoms with van der Waals surface area (Å²) >= 11 is 57.1. The Morgan fingerprint density at radius 1 is 0.565 bits per heavy atom. The first-order valence-corrected chi connectivity index (χ1v) is 30.1. The lowest BCUT2D eigenvalue weighted by Crippen LogP contribution is -2.22. The van der Waals surface area contributed by atoms with Crippen LogP contribution in [0.5, 0.6) is 0 Å². The van der Waals surface area contributed by atoms with Crippen LogP contribution in [0.3, 0.4) is 0 Å². The van der Waals surface area contributed by atoms with Crippen LogP contribution in [0.1, 0.15) is 33.3 Å². The topological polar surface area (TPSA) is 178 Å². The molecule has 0 aliphatic heterocycles. The SMILES string of the molecule is CCOC(=O)c1ncn(-c2ccccc2)c1N.ClC(=Nc1ccc(Br)cc1)c1ccc(Cl)cc1Cl.Nc1ccc(Br)cc1.O=C(Cl)c1ccc(Cl)cc1Cl.O=c1c2ncn(-c3ccccc3)c2nc(-c2ccc(Cl)cc2Cl)n1-c1ccc(Br)cc1. The van der Waals surface area contributed by atoms with Crippen LogP contribution < -0.4 is 17.0 Å². The number of carbonyl (C=O) groups is 2. The number of hydrogen-bond donors (Lipinski definition) is 2. The lowest BCUT2D eigenvalue weighted by molar-refractivity contribution is 0.0521. The van der Waals surface area contributed by atoms with Gasteiger partial charge in [0.1, 0.15) is 23.6 Å². The molecule has 0 radical (unpaired) electrons. The van der Waals surface area contributed by atoms with Gasteiger partial charge in [0.25, 0.3) is 10.8 Å². The van der Waals surface area contributed by atoms with Crippen molar-refractivity contribution in [2.75, 3.05) is 18.1 Å². The molecule has 0 atom stereocenters. The van der Waals surface area contributed by atoms with E-state index in [1.807, 2.05) is 133 Å². The maximum Gasteiger partial charge on any atom is 0.360 e. The molecule has 0 saturated heterocycles. The molecule has 8 aromatic carbocycles. The molecule has 0 unspecified atom stereocenters. The lowest BCUT2D eigenvalue weighted by atomic mass is 10.2. The van der Waals surface area contributed by atoms with Crippen LogP contribution in [-0.2, 0) is 4.74 Å². The van der Waals surface area contributed by atoms with Crippen molar-refractivity contribution in [3.05, 3.63) is 271 Å². The van der Waals surface area contributed by atoms with Crippen molar-refractivity contribution < 1.29 is 14.3 Å². The van der Waals surface area contributed by atoms with Gasteiger partial charge < -0.3 is 16.2 Å². The highest BCUT2D eigenvalue weighted by Crippen LogP contribution is 2.32. The molecule has 0 bridgehead atoms. The zero-order valence-electron chi connectivity index (χ0n) is 43.8. The number of nitrogens with two attached hydrogens (primary N) is 2. The summed E-state index contributed by atoms with van der Waals surface area (Å²) in [6.45, 7) is 2.04. The molecule has 85 heavy (non-hydrogen) atoms. The number of fused-ring (bicyclic) bond motifs is 1. The van der Waals surface area contributed by atoms with E-state index in [4.69, 9.17) is 114 Å². The number of anilines is 2. The molecule has 13 nitrogen and oxygen atoms in total. The highest BCUT2D eigenvalue weighted by Gasteiger charge is 2.21. The number of ether oxygens (including phenoxy) is 1. The summed E-state index contributed by atoms with van der Waals surface area (Å²) in [6.07, 6.45) is 3.12. The second-order valence-electron chi connectivity index (χ2n) is 17.2. The van der Waals surface area contributed by atoms with Crippen molar-refractivity contribution >= 4 is 185 Å². The van der Waals surface area contributed by atoms with Crippen molar-refractivity contribution in [1.82, 2.24) is 28.7 Å². The molecule has 0 fully saturated rings. The molecule has 4 N–H and O–H groups in total. The number of esters is 1. The number of hydrogen-bond acceptors (Lipinski definition) is 10. The predicted octanol–water partition coefficient (Wildman–Crippen LogP) is 19.4. The van der Waals surface area contributed by atoms with Gasteiger partial charge >= 0.3 is 5.97 Å². The summed E-state index contributed by atoms with van der Waals surface area (Å²) in [4.78, 5) is 53.2. The molecule has 0 aliphatic carbocycles. The Morgan fingerprint density at radius 2 is 1.05 bits per heavy atom. The second kappa shape index (κ2) is 31.8. The van der Waals surface area contributed by atoms with E-state index in [1.54, 1.807) is 64.8 Å². The van der Waals surface area contributed by atoms with Crippen LogP contribution in [0.25, 0.3) is 39.6 Å². The molecule has 0 amide bonds. The normalized spacial score (nSPS) is 10.7. The van der Waals surface area contributed by atoms with Crippen molar-refractivity contribution in [3.63, 3.8) is 0 Å². The largest absolute Gasteiger partial charge is 0.461 e. The molecular weight excluding hydrogens is 1450 g/mol. The Kier molecular flexibility index (Phi) is 24.7. The molecule has 11 aromatic rings. The minimum atomic E-state index is -0.577. The highest BCUT2D eigenvalue weighted by molar-refractivity contribution is 9.11. The predicted molar refractivity (Wildman–Crippen MR) is 359 cm³/mol. The lowest BCUT2D eigenvalue weighted by Gasteiger charge is -2.14. The summed E-state index contributed by atoms with van der Waals surface area (Å²) in [5, 5.41) is 2.46. The number of carbonyl (C=O) groups excluding carboxylic acids is 2. The van der Waals surface area contributed by atoms with E-state index >= 15 is 0 Å². The van der Waals surface area contributed by atoms with Gasteiger partial charge in [-0.3, -0.25) is 23.3 Å². The van der Waals surface area contributed by atoms with Crippen LogP contribution in [0.4, 0.5) is 17.2 Å². The number of aliphatic imine (C=N–C) groups is 1. The standard InChI is InChI=1S/C23H13BrCl2N4O.C13H7BrCl3N.C12H13N3O2.C7H3Cl3O.C6H6BrN/c24-14-6-9-17(10-7-14)30-21(18-11-8-15(25)12-19(18)26)28-22-20(23(30)31)27-13-29(22)16-4-2-1-3-5-16;14-8-1-4-10(5-2-8)18-13(17)11-6-3-9(15)7-12(11)16;1-2-17-12(16)10-11(13)15(8-14-10)9-6-4-3-5-7-9;8-4-1-2-5(7(10)11)6(9)3-4;7-5-1-3-6(8)4-2-5/h1-13H;1-7H;3-8H,2,13H2,1H3;1-3H;1-4H,8H2. The number of imidazole rings is 2. The molecular formula is C61H42Br3Cl8N9O4. The van der Waals surface area contributed by atoms with Crippen molar-refractivity contribution in [3.8, 4) is 28.5 Å². The first-order chi connectivity index (χ1) is 40.7. The maximum absolute atomic E-state index is 13.6. The van der Waals surface area contributed by atoms with Gasteiger partial charge in [-0.2, -0.15) is 0 Å². The number of benzene rings is 8. The van der Waals surface area contributed by atoms with Crippen LogP contribution in [0.15, 0.2) is 224 Å². The van der Waals surface area contributed by atoms with Crippen LogP contribution in [-0.4, -0.2) is 51.6 Å². The number of halogens is 11. The fourth-order valence-corrected chi connectivity index (χ4v) is 10.2. The van der Waals surface area contributed by atoms with Crippen molar-refractivity contribution in [1.29, 1.82) is 0 Å². The number of nitrogens with zero attached hydrogens (tertiary/aromatic N) is 7. The third-order valence-corrected chi connectivity index (χ3v) is 15.1. The number of aromatic nitrogens is 6. The van der Waals surface area contributed by atoms with E-state index in [0.717, 1.165) is 36.2 Å². The number of para-hydroxylation sites is 2. The Hall–Kier alpha value is -6.51.